The average molecular weight is 522 g/mol. The van der Waals surface area contributed by atoms with E-state index in [0.717, 1.165) is 79.1 Å². The van der Waals surface area contributed by atoms with Crippen molar-refractivity contribution in [2.45, 2.75) is 31.8 Å². The fourth-order valence-electron chi connectivity index (χ4n) is 5.65. The van der Waals surface area contributed by atoms with E-state index in [9.17, 15) is 4.79 Å². The summed E-state index contributed by atoms with van der Waals surface area (Å²) in [5.74, 6) is 1.67. The lowest BCUT2D eigenvalue weighted by molar-refractivity contribution is 0.0322. The van der Waals surface area contributed by atoms with E-state index in [1.165, 1.54) is 12.8 Å². The van der Waals surface area contributed by atoms with Crippen molar-refractivity contribution in [1.82, 2.24) is 4.90 Å². The highest BCUT2D eigenvalue weighted by Gasteiger charge is 2.20. The van der Waals surface area contributed by atoms with Crippen molar-refractivity contribution in [3.8, 4) is 22.6 Å². The summed E-state index contributed by atoms with van der Waals surface area (Å²) < 4.78 is 17.6. The number of nitrogens with zero attached hydrogens (tertiary/aromatic N) is 1. The van der Waals surface area contributed by atoms with Gasteiger partial charge in [-0.15, -0.1) is 0 Å². The third-order valence-corrected chi connectivity index (χ3v) is 7.82. The minimum atomic E-state index is 0.00834. The molecule has 39 heavy (non-hydrogen) atoms. The molecular formula is C34H35NO4. The third-order valence-electron chi connectivity index (χ3n) is 7.82. The molecule has 200 valence electrons. The number of benzene rings is 4. The lowest BCUT2D eigenvalue weighted by Crippen LogP contribution is -2.38. The summed E-state index contributed by atoms with van der Waals surface area (Å²) in [7, 11) is 0. The number of hydrogen-bond acceptors (Lipinski definition) is 5. The Morgan fingerprint density at radius 2 is 1.54 bits per heavy atom. The van der Waals surface area contributed by atoms with Crippen LogP contribution in [0.15, 0.2) is 84.9 Å². The van der Waals surface area contributed by atoms with Crippen molar-refractivity contribution in [1.29, 1.82) is 0 Å². The maximum Gasteiger partial charge on any atom is 0.193 e. The Bertz CT molecular complexity index is 1400. The molecule has 2 fully saturated rings. The van der Waals surface area contributed by atoms with Gasteiger partial charge in [0.05, 0.1) is 19.3 Å². The number of carbonyl (C=O) groups excluding carboxylic acids is 1. The Hall–Kier alpha value is -3.67. The Morgan fingerprint density at radius 1 is 0.821 bits per heavy atom. The first-order chi connectivity index (χ1) is 19.2. The zero-order valence-electron chi connectivity index (χ0n) is 22.3. The van der Waals surface area contributed by atoms with E-state index in [-0.39, 0.29) is 5.78 Å². The van der Waals surface area contributed by atoms with Crippen LogP contribution in [0.25, 0.3) is 21.9 Å². The fourth-order valence-corrected chi connectivity index (χ4v) is 5.65. The van der Waals surface area contributed by atoms with E-state index in [1.807, 2.05) is 60.7 Å². The maximum atomic E-state index is 13.8. The minimum absolute atomic E-state index is 0.00834. The zero-order chi connectivity index (χ0) is 26.4. The average Bonchev–Trinajstić information content (AvgIpc) is 3.51. The highest BCUT2D eigenvalue weighted by Crippen LogP contribution is 2.35. The van der Waals surface area contributed by atoms with Crippen molar-refractivity contribution >= 4 is 16.6 Å². The van der Waals surface area contributed by atoms with Gasteiger partial charge in [0.25, 0.3) is 0 Å². The van der Waals surface area contributed by atoms with Gasteiger partial charge < -0.3 is 14.2 Å². The Labute approximate surface area is 230 Å². The van der Waals surface area contributed by atoms with Gasteiger partial charge in [-0.25, -0.2) is 0 Å². The fraction of sp³-hybridized carbons (Fsp3) is 0.324. The molecule has 6 rings (SSSR count). The van der Waals surface area contributed by atoms with Crippen LogP contribution in [0.5, 0.6) is 11.5 Å². The van der Waals surface area contributed by atoms with Gasteiger partial charge in [-0.3, -0.25) is 9.69 Å². The molecule has 0 bridgehead atoms. The van der Waals surface area contributed by atoms with Crippen LogP contribution < -0.4 is 9.47 Å². The number of carbonyl (C=O) groups is 1. The maximum absolute atomic E-state index is 13.8. The van der Waals surface area contributed by atoms with Crippen LogP contribution in [0.4, 0.5) is 0 Å². The molecule has 0 atom stereocenters. The summed E-state index contributed by atoms with van der Waals surface area (Å²) in [5, 5.41) is 2.17. The summed E-state index contributed by atoms with van der Waals surface area (Å²) in [6.45, 7) is 5.01. The summed E-state index contributed by atoms with van der Waals surface area (Å²) in [5.41, 5.74) is 3.30. The summed E-state index contributed by atoms with van der Waals surface area (Å²) in [4.78, 5) is 16.2. The van der Waals surface area contributed by atoms with Gasteiger partial charge >= 0.3 is 0 Å². The van der Waals surface area contributed by atoms with Crippen LogP contribution >= 0.6 is 0 Å². The van der Waals surface area contributed by atoms with Crippen LogP contribution in [-0.2, 0) is 4.74 Å². The van der Waals surface area contributed by atoms with E-state index >= 15 is 0 Å². The molecular weight excluding hydrogens is 486 g/mol. The molecule has 0 N–H and O–H groups in total. The SMILES string of the molecule is O=C(c1ccc(OC2CCCC2)cc1)c1ccc2ccccc2c1-c1ccc(OCCN2CCOCC2)cc1. The first kappa shape index (κ1) is 25.6. The molecule has 1 saturated heterocycles. The predicted octanol–water partition coefficient (Wildman–Crippen LogP) is 6.77. The molecule has 0 amide bonds. The Balaban J connectivity index is 1.23. The third kappa shape index (κ3) is 6.00. The second kappa shape index (κ2) is 12.0. The van der Waals surface area contributed by atoms with Crippen LogP contribution in [0.2, 0.25) is 0 Å². The molecule has 0 aromatic heterocycles. The van der Waals surface area contributed by atoms with E-state index < -0.39 is 0 Å². The van der Waals surface area contributed by atoms with Crippen molar-refractivity contribution in [3.63, 3.8) is 0 Å². The summed E-state index contributed by atoms with van der Waals surface area (Å²) in [6, 6.07) is 28.0. The summed E-state index contributed by atoms with van der Waals surface area (Å²) >= 11 is 0. The first-order valence-electron chi connectivity index (χ1n) is 14.1. The highest BCUT2D eigenvalue weighted by molar-refractivity contribution is 6.17. The topological polar surface area (TPSA) is 48.0 Å². The summed E-state index contributed by atoms with van der Waals surface area (Å²) in [6.07, 6.45) is 4.98. The van der Waals surface area contributed by atoms with E-state index in [2.05, 4.69) is 29.2 Å². The van der Waals surface area contributed by atoms with Crippen molar-refractivity contribution in [3.05, 3.63) is 96.1 Å². The van der Waals surface area contributed by atoms with Gasteiger partial charge in [0.15, 0.2) is 5.78 Å². The molecule has 1 aliphatic heterocycles. The molecule has 1 saturated carbocycles. The molecule has 0 radical (unpaired) electrons. The molecule has 4 aromatic carbocycles. The second-order valence-electron chi connectivity index (χ2n) is 10.4. The molecule has 2 aliphatic rings. The van der Waals surface area contributed by atoms with Crippen LogP contribution in [0, 0.1) is 0 Å². The normalized spacial score (nSPS) is 16.4. The second-order valence-corrected chi connectivity index (χ2v) is 10.4. The first-order valence-corrected chi connectivity index (χ1v) is 14.1. The predicted molar refractivity (Wildman–Crippen MR) is 155 cm³/mol. The van der Waals surface area contributed by atoms with E-state index in [1.54, 1.807) is 0 Å². The standard InChI is InChI=1S/C34H35NO4/c36-34(27-11-16-30(17-12-27)39-29-6-2-3-7-29)32-18-13-25-5-1-4-8-31(25)33(32)26-9-14-28(15-10-26)38-24-21-35-19-22-37-23-20-35/h1,4-5,8-18,29H,2-3,6-7,19-24H2. The van der Waals surface area contributed by atoms with E-state index in [0.29, 0.717) is 23.8 Å². The Morgan fingerprint density at radius 3 is 2.31 bits per heavy atom. The van der Waals surface area contributed by atoms with Crippen LogP contribution in [-0.4, -0.2) is 56.2 Å². The van der Waals surface area contributed by atoms with Crippen molar-refractivity contribution in [2.75, 3.05) is 39.5 Å². The molecule has 0 spiro atoms. The number of fused-ring (bicyclic) bond motifs is 1. The van der Waals surface area contributed by atoms with Crippen LogP contribution in [0.3, 0.4) is 0 Å². The molecule has 5 nitrogen and oxygen atoms in total. The number of ether oxygens (including phenoxy) is 3. The molecule has 0 unspecified atom stereocenters. The molecule has 4 aromatic rings. The zero-order valence-corrected chi connectivity index (χ0v) is 22.3. The van der Waals surface area contributed by atoms with Crippen molar-refractivity contribution < 1.29 is 19.0 Å². The van der Waals surface area contributed by atoms with Gasteiger partial charge in [-0.2, -0.15) is 0 Å². The number of rotatable bonds is 9. The quantitative estimate of drug-likeness (QED) is 0.228. The van der Waals surface area contributed by atoms with Gasteiger partial charge in [0.2, 0.25) is 0 Å². The Kier molecular flexibility index (Phi) is 7.89. The van der Waals surface area contributed by atoms with Gasteiger partial charge in [0.1, 0.15) is 18.1 Å². The largest absolute Gasteiger partial charge is 0.492 e. The molecule has 1 heterocycles. The van der Waals surface area contributed by atoms with E-state index in [4.69, 9.17) is 14.2 Å². The molecule has 5 heteroatoms. The highest BCUT2D eigenvalue weighted by atomic mass is 16.5. The minimum Gasteiger partial charge on any atom is -0.492 e. The van der Waals surface area contributed by atoms with Gasteiger partial charge in [-0.05, 0) is 84.5 Å². The van der Waals surface area contributed by atoms with Crippen LogP contribution in [0.1, 0.15) is 41.6 Å². The number of morpholine rings is 1. The monoisotopic (exact) mass is 521 g/mol. The number of ketones is 1. The smallest absolute Gasteiger partial charge is 0.193 e. The lowest BCUT2D eigenvalue weighted by Gasteiger charge is -2.26. The lowest BCUT2D eigenvalue weighted by atomic mass is 9.89. The molecule has 1 aliphatic carbocycles. The number of hydrogen-bond donors (Lipinski definition) is 0. The van der Waals surface area contributed by atoms with Gasteiger partial charge in [0, 0.05) is 36.3 Å². The van der Waals surface area contributed by atoms with Crippen molar-refractivity contribution in [2.24, 2.45) is 0 Å². The van der Waals surface area contributed by atoms with Gasteiger partial charge in [-0.1, -0.05) is 42.5 Å².